The normalized spacial score (nSPS) is 16.0. The van der Waals surface area contributed by atoms with Crippen LogP contribution < -0.4 is 20.7 Å². The van der Waals surface area contributed by atoms with E-state index in [1.165, 1.54) is 24.3 Å². The quantitative estimate of drug-likeness (QED) is 0.276. The fourth-order valence-corrected chi connectivity index (χ4v) is 4.86. The summed E-state index contributed by atoms with van der Waals surface area (Å²) >= 11 is 0. The first-order valence-electron chi connectivity index (χ1n) is 13.3. The van der Waals surface area contributed by atoms with Gasteiger partial charge >= 0.3 is 0 Å². The van der Waals surface area contributed by atoms with E-state index < -0.39 is 23.0 Å². The van der Waals surface area contributed by atoms with Crippen LogP contribution in [0.25, 0.3) is 10.9 Å². The SMILES string of the molecule is CN1CC(NC(=O)c2ccc3nccc(Oc4ccc(NC(=O)C5(C(=O)Nc6ccc(F)cc6)CC5)cc4)c3c2)C1. The van der Waals surface area contributed by atoms with Crippen molar-refractivity contribution in [1.29, 1.82) is 0 Å². The topological polar surface area (TPSA) is 113 Å². The van der Waals surface area contributed by atoms with Crippen LogP contribution in [0.5, 0.6) is 11.5 Å². The Balaban J connectivity index is 1.11. The number of aromatic nitrogens is 1. The van der Waals surface area contributed by atoms with Crippen LogP contribution in [-0.4, -0.2) is 53.8 Å². The Bertz CT molecular complexity index is 1630. The minimum atomic E-state index is -1.15. The highest BCUT2D eigenvalue weighted by Gasteiger charge is 2.56. The molecule has 0 atom stereocenters. The van der Waals surface area contributed by atoms with E-state index in [0.29, 0.717) is 52.2 Å². The van der Waals surface area contributed by atoms with Gasteiger partial charge in [-0.25, -0.2) is 4.39 Å². The van der Waals surface area contributed by atoms with Gasteiger partial charge in [0.05, 0.1) is 11.6 Å². The molecule has 1 aliphatic heterocycles. The fourth-order valence-electron chi connectivity index (χ4n) is 4.86. The Kier molecular flexibility index (Phi) is 6.84. The van der Waals surface area contributed by atoms with E-state index in [1.807, 2.05) is 7.05 Å². The number of rotatable bonds is 8. The van der Waals surface area contributed by atoms with Gasteiger partial charge in [0.2, 0.25) is 11.8 Å². The molecule has 1 saturated carbocycles. The molecule has 6 rings (SSSR count). The Morgan fingerprint density at radius 1 is 0.902 bits per heavy atom. The lowest BCUT2D eigenvalue weighted by atomic mass is 10.0. The average Bonchev–Trinajstić information content (AvgIpc) is 3.77. The van der Waals surface area contributed by atoms with E-state index in [9.17, 15) is 18.8 Å². The number of likely N-dealkylation sites (N-methyl/N-ethyl adjacent to an activating group) is 1. The van der Waals surface area contributed by atoms with Gasteiger partial charge in [0, 0.05) is 41.6 Å². The molecule has 3 aromatic carbocycles. The van der Waals surface area contributed by atoms with Crippen LogP contribution in [0.4, 0.5) is 15.8 Å². The predicted molar refractivity (Wildman–Crippen MR) is 152 cm³/mol. The van der Waals surface area contributed by atoms with Crippen LogP contribution in [0, 0.1) is 11.2 Å². The molecule has 0 bridgehead atoms. The zero-order valence-electron chi connectivity index (χ0n) is 22.3. The second kappa shape index (κ2) is 10.6. The third-order valence-corrected chi connectivity index (χ3v) is 7.42. The number of hydrogen-bond donors (Lipinski definition) is 3. The van der Waals surface area contributed by atoms with Gasteiger partial charge in [-0.3, -0.25) is 19.4 Å². The molecule has 2 fully saturated rings. The maximum atomic E-state index is 13.2. The predicted octanol–water partition coefficient (Wildman–Crippen LogP) is 4.57. The number of hydrogen-bond acceptors (Lipinski definition) is 6. The molecule has 2 aliphatic rings. The molecule has 3 N–H and O–H groups in total. The number of carbonyl (C=O) groups is 3. The first kappa shape index (κ1) is 26.4. The summed E-state index contributed by atoms with van der Waals surface area (Å²) in [7, 11) is 2.01. The van der Waals surface area contributed by atoms with E-state index in [-0.39, 0.29) is 11.9 Å². The van der Waals surface area contributed by atoms with Gasteiger partial charge in [0.25, 0.3) is 5.91 Å². The molecule has 1 aliphatic carbocycles. The third kappa shape index (κ3) is 5.59. The largest absolute Gasteiger partial charge is 0.457 e. The van der Waals surface area contributed by atoms with Crippen LogP contribution in [0.3, 0.4) is 0 Å². The van der Waals surface area contributed by atoms with Gasteiger partial charge in [-0.15, -0.1) is 0 Å². The smallest absolute Gasteiger partial charge is 0.251 e. The summed E-state index contributed by atoms with van der Waals surface area (Å²) in [4.78, 5) is 45.1. The van der Waals surface area contributed by atoms with Gasteiger partial charge in [-0.1, -0.05) is 0 Å². The standard InChI is InChI=1S/C31H28FN5O4/c1-37-17-23(18-37)34-28(38)19-2-11-26-25(16-19)27(12-15-33-26)41-24-9-7-22(8-10-24)36-30(40)31(13-14-31)29(39)35-21-5-3-20(32)4-6-21/h2-12,15-16,23H,13-14,17-18H2,1H3,(H,34,38)(H,35,39)(H,36,40). The molecule has 0 radical (unpaired) electrons. The van der Waals surface area contributed by atoms with Crippen molar-refractivity contribution in [1.82, 2.24) is 15.2 Å². The van der Waals surface area contributed by atoms with Crippen molar-refractivity contribution in [2.45, 2.75) is 18.9 Å². The number of pyridine rings is 1. The van der Waals surface area contributed by atoms with Crippen LogP contribution in [-0.2, 0) is 9.59 Å². The van der Waals surface area contributed by atoms with E-state index in [1.54, 1.807) is 54.7 Å². The second-order valence-corrected chi connectivity index (χ2v) is 10.6. The van der Waals surface area contributed by atoms with E-state index in [0.717, 1.165) is 13.1 Å². The van der Waals surface area contributed by atoms with Crippen molar-refractivity contribution in [3.63, 3.8) is 0 Å². The number of benzene rings is 3. The van der Waals surface area contributed by atoms with Gasteiger partial charge < -0.3 is 25.6 Å². The Labute approximate surface area is 235 Å². The van der Waals surface area contributed by atoms with Crippen molar-refractivity contribution in [3.05, 3.63) is 90.4 Å². The molecule has 1 aromatic heterocycles. The van der Waals surface area contributed by atoms with E-state index in [4.69, 9.17) is 4.74 Å². The number of ether oxygens (including phenoxy) is 1. The summed E-state index contributed by atoms with van der Waals surface area (Å²) in [6.07, 6.45) is 2.50. The minimum Gasteiger partial charge on any atom is -0.457 e. The molecule has 208 valence electrons. The van der Waals surface area contributed by atoms with Crippen molar-refractivity contribution < 1.29 is 23.5 Å². The van der Waals surface area contributed by atoms with Gasteiger partial charge in [0.1, 0.15) is 22.7 Å². The number of amides is 3. The summed E-state index contributed by atoms with van der Waals surface area (Å²) in [6, 6.07) is 19.4. The number of halogens is 1. The molecular formula is C31H28FN5O4. The summed E-state index contributed by atoms with van der Waals surface area (Å²) < 4.78 is 19.3. The Morgan fingerprint density at radius 2 is 1.54 bits per heavy atom. The molecule has 10 heteroatoms. The average molecular weight is 554 g/mol. The molecule has 9 nitrogen and oxygen atoms in total. The molecule has 1 saturated heterocycles. The number of likely N-dealkylation sites (tertiary alicyclic amines) is 1. The highest BCUT2D eigenvalue weighted by molar-refractivity contribution is 6.16. The summed E-state index contributed by atoms with van der Waals surface area (Å²) in [5, 5.41) is 9.25. The summed E-state index contributed by atoms with van der Waals surface area (Å²) in [6.45, 7) is 1.66. The second-order valence-electron chi connectivity index (χ2n) is 10.6. The molecule has 4 aromatic rings. The van der Waals surface area contributed by atoms with Crippen molar-refractivity contribution >= 4 is 40.0 Å². The summed E-state index contributed by atoms with van der Waals surface area (Å²) in [5.74, 6) is -0.294. The number of fused-ring (bicyclic) bond motifs is 1. The molecule has 41 heavy (non-hydrogen) atoms. The zero-order valence-corrected chi connectivity index (χ0v) is 22.3. The van der Waals surface area contributed by atoms with Crippen molar-refractivity contribution in [3.8, 4) is 11.5 Å². The first-order valence-corrected chi connectivity index (χ1v) is 13.3. The maximum Gasteiger partial charge on any atom is 0.251 e. The third-order valence-electron chi connectivity index (χ3n) is 7.42. The number of nitrogens with one attached hydrogen (secondary N) is 3. The monoisotopic (exact) mass is 553 g/mol. The van der Waals surface area contributed by atoms with Gasteiger partial charge in [0.15, 0.2) is 0 Å². The molecule has 2 heterocycles. The molecular weight excluding hydrogens is 525 g/mol. The highest BCUT2D eigenvalue weighted by atomic mass is 19.1. The number of anilines is 2. The fraction of sp³-hybridized carbons (Fsp3) is 0.226. The number of carbonyl (C=O) groups excluding carboxylic acids is 3. The lowest BCUT2D eigenvalue weighted by Crippen LogP contribution is -2.57. The Morgan fingerprint density at radius 3 is 2.15 bits per heavy atom. The van der Waals surface area contributed by atoms with E-state index >= 15 is 0 Å². The highest BCUT2D eigenvalue weighted by Crippen LogP contribution is 2.47. The Hall–Kier alpha value is -4.83. The van der Waals surface area contributed by atoms with Crippen LogP contribution in [0.1, 0.15) is 23.2 Å². The first-order chi connectivity index (χ1) is 19.8. The van der Waals surface area contributed by atoms with Gasteiger partial charge in [-0.05, 0) is 92.7 Å². The van der Waals surface area contributed by atoms with Crippen LogP contribution in [0.2, 0.25) is 0 Å². The lowest BCUT2D eigenvalue weighted by molar-refractivity contribution is -0.131. The van der Waals surface area contributed by atoms with Crippen LogP contribution >= 0.6 is 0 Å². The lowest BCUT2D eigenvalue weighted by Gasteiger charge is -2.36. The van der Waals surface area contributed by atoms with Gasteiger partial charge in [-0.2, -0.15) is 0 Å². The summed E-state index contributed by atoms with van der Waals surface area (Å²) in [5.41, 5.74) is 1.02. The zero-order chi connectivity index (χ0) is 28.6. The van der Waals surface area contributed by atoms with Crippen molar-refractivity contribution in [2.24, 2.45) is 5.41 Å². The molecule has 3 amide bonds. The van der Waals surface area contributed by atoms with Crippen LogP contribution in [0.15, 0.2) is 79.0 Å². The molecule has 0 unspecified atom stereocenters. The number of nitrogens with zero attached hydrogens (tertiary/aromatic N) is 2. The van der Waals surface area contributed by atoms with Crippen molar-refractivity contribution in [2.75, 3.05) is 30.8 Å². The maximum absolute atomic E-state index is 13.2. The molecule has 0 spiro atoms. The van der Waals surface area contributed by atoms with E-state index in [2.05, 4.69) is 25.8 Å². The minimum absolute atomic E-state index is 0.139.